The molecule has 0 aliphatic carbocycles. The zero-order valence-electron chi connectivity index (χ0n) is 13.8. The fourth-order valence-electron chi connectivity index (χ4n) is 2.71. The third-order valence-corrected chi connectivity index (χ3v) is 4.26. The van der Waals surface area contributed by atoms with E-state index in [1.807, 2.05) is 0 Å². The summed E-state index contributed by atoms with van der Waals surface area (Å²) in [6.45, 7) is 0. The Hall–Kier alpha value is -3.45. The number of benzene rings is 1. The van der Waals surface area contributed by atoms with E-state index in [0.29, 0.717) is 27.8 Å². The Labute approximate surface area is 158 Å². The predicted octanol–water partition coefficient (Wildman–Crippen LogP) is 4.28. The fourth-order valence-corrected chi connectivity index (χ4v) is 2.87. The van der Waals surface area contributed by atoms with Crippen LogP contribution in [-0.2, 0) is 0 Å². The summed E-state index contributed by atoms with van der Waals surface area (Å²) in [7, 11) is 0. The van der Waals surface area contributed by atoms with Gasteiger partial charge in [-0.25, -0.2) is 14.4 Å². The third kappa shape index (κ3) is 3.20. The van der Waals surface area contributed by atoms with E-state index in [-0.39, 0.29) is 17.1 Å². The topological polar surface area (TPSA) is 101 Å². The molecule has 0 aliphatic heterocycles. The predicted molar refractivity (Wildman–Crippen MR) is 102 cm³/mol. The number of nitrogens with one attached hydrogen (secondary N) is 1. The van der Waals surface area contributed by atoms with Crippen molar-refractivity contribution in [3.8, 4) is 39.7 Å². The number of nitrogens with two attached hydrogens (primary N) is 1. The Morgan fingerprint density at radius 1 is 1.07 bits per heavy atom. The van der Waals surface area contributed by atoms with Crippen molar-refractivity contribution in [2.24, 2.45) is 0 Å². The molecule has 0 radical (unpaired) electrons. The number of pyridine rings is 2. The first-order valence-electron chi connectivity index (χ1n) is 7.93. The third-order valence-electron chi connectivity index (χ3n) is 4.03. The summed E-state index contributed by atoms with van der Waals surface area (Å²) in [5.41, 5.74) is 8.31. The molecule has 3 heterocycles. The molecule has 4 aromatic rings. The van der Waals surface area contributed by atoms with Crippen molar-refractivity contribution in [1.29, 1.82) is 0 Å². The molecule has 3 aromatic heterocycles. The molecule has 0 saturated heterocycles. The summed E-state index contributed by atoms with van der Waals surface area (Å²) in [6.07, 6.45) is 4.78. The lowest BCUT2D eigenvalue weighted by atomic mass is 10.1. The number of hydrogen-bond donors (Lipinski definition) is 3. The molecule has 4 rings (SSSR count). The monoisotopic (exact) mass is 381 g/mol. The highest BCUT2D eigenvalue weighted by atomic mass is 35.5. The number of rotatable bonds is 3. The molecule has 0 atom stereocenters. The molecule has 0 saturated carbocycles. The minimum absolute atomic E-state index is 0.0173. The highest BCUT2D eigenvalue weighted by Gasteiger charge is 2.18. The van der Waals surface area contributed by atoms with Gasteiger partial charge in [0.05, 0.1) is 17.0 Å². The highest BCUT2D eigenvalue weighted by Crippen LogP contribution is 2.35. The Kier molecular flexibility index (Phi) is 4.21. The standard InChI is InChI=1S/C19H13ClFN5O/c20-12-1-2-13(14(21)8-12)19-25-16(10-3-5-23-6-4-10)17(26-19)11-7-15(27)18(22)24-9-11/h1-9,27H,(H2,22,24)(H,25,26). The van der Waals surface area contributed by atoms with E-state index in [0.717, 1.165) is 5.56 Å². The van der Waals surface area contributed by atoms with Crippen LogP contribution in [0.3, 0.4) is 0 Å². The molecular weight excluding hydrogens is 369 g/mol. The Balaban J connectivity index is 1.93. The first kappa shape index (κ1) is 17.0. The van der Waals surface area contributed by atoms with E-state index in [9.17, 15) is 9.50 Å². The quantitative estimate of drug-likeness (QED) is 0.491. The fraction of sp³-hybridized carbons (Fsp3) is 0. The lowest BCUT2D eigenvalue weighted by Crippen LogP contribution is -1.92. The van der Waals surface area contributed by atoms with Gasteiger partial charge in [0.25, 0.3) is 0 Å². The van der Waals surface area contributed by atoms with Crippen LogP contribution in [0.5, 0.6) is 5.75 Å². The molecule has 0 amide bonds. The molecule has 134 valence electrons. The second kappa shape index (κ2) is 6.69. The van der Waals surface area contributed by atoms with Gasteiger partial charge >= 0.3 is 0 Å². The molecule has 6 nitrogen and oxygen atoms in total. The summed E-state index contributed by atoms with van der Waals surface area (Å²) in [5, 5.41) is 10.2. The number of nitrogen functional groups attached to an aromatic ring is 1. The second-order valence-corrected chi connectivity index (χ2v) is 6.23. The van der Waals surface area contributed by atoms with Gasteiger partial charge in [-0.3, -0.25) is 4.98 Å². The zero-order valence-corrected chi connectivity index (χ0v) is 14.6. The number of hydrogen-bond acceptors (Lipinski definition) is 5. The van der Waals surface area contributed by atoms with E-state index in [1.54, 1.807) is 36.7 Å². The number of imidazole rings is 1. The van der Waals surface area contributed by atoms with E-state index in [1.165, 1.54) is 18.3 Å². The maximum Gasteiger partial charge on any atom is 0.165 e. The van der Waals surface area contributed by atoms with Crippen molar-refractivity contribution in [2.75, 3.05) is 5.73 Å². The lowest BCUT2D eigenvalue weighted by molar-refractivity contribution is 0.476. The molecule has 1 aromatic carbocycles. The number of H-pyrrole nitrogens is 1. The van der Waals surface area contributed by atoms with Crippen molar-refractivity contribution in [3.63, 3.8) is 0 Å². The first-order chi connectivity index (χ1) is 13.0. The summed E-state index contributed by atoms with van der Waals surface area (Å²) in [5.74, 6) is -0.316. The van der Waals surface area contributed by atoms with Gasteiger partial charge in [-0.05, 0) is 36.4 Å². The summed E-state index contributed by atoms with van der Waals surface area (Å²) in [6, 6.07) is 9.42. The van der Waals surface area contributed by atoms with Crippen molar-refractivity contribution in [3.05, 3.63) is 65.8 Å². The summed E-state index contributed by atoms with van der Waals surface area (Å²) < 4.78 is 14.4. The molecular formula is C19H13ClFN5O. The van der Waals surface area contributed by atoms with Crippen LogP contribution >= 0.6 is 11.6 Å². The SMILES string of the molecule is Nc1ncc(-c2nc(-c3ccc(Cl)cc3F)[nH]c2-c2ccncc2)cc1O. The van der Waals surface area contributed by atoms with Crippen LogP contribution in [0.15, 0.2) is 55.0 Å². The minimum Gasteiger partial charge on any atom is -0.504 e. The molecule has 27 heavy (non-hydrogen) atoms. The van der Waals surface area contributed by atoms with Gasteiger partial charge < -0.3 is 15.8 Å². The normalized spacial score (nSPS) is 10.9. The average molecular weight is 382 g/mol. The molecule has 0 bridgehead atoms. The van der Waals surface area contributed by atoms with Crippen LogP contribution in [0, 0.1) is 5.82 Å². The lowest BCUT2D eigenvalue weighted by Gasteiger charge is -2.04. The molecule has 0 spiro atoms. The van der Waals surface area contributed by atoms with Crippen molar-refractivity contribution in [2.45, 2.75) is 0 Å². The van der Waals surface area contributed by atoms with E-state index in [2.05, 4.69) is 19.9 Å². The van der Waals surface area contributed by atoms with Gasteiger partial charge in [0.15, 0.2) is 11.6 Å². The molecule has 0 aliphatic rings. The van der Waals surface area contributed by atoms with E-state index in [4.69, 9.17) is 17.3 Å². The Morgan fingerprint density at radius 2 is 1.85 bits per heavy atom. The number of aromatic nitrogens is 4. The molecule has 0 unspecified atom stereocenters. The molecule has 0 fully saturated rings. The molecule has 4 N–H and O–H groups in total. The van der Waals surface area contributed by atoms with Crippen molar-refractivity contribution in [1.82, 2.24) is 19.9 Å². The molecule has 8 heteroatoms. The minimum atomic E-state index is -0.498. The van der Waals surface area contributed by atoms with E-state index < -0.39 is 5.82 Å². The maximum absolute atomic E-state index is 14.4. The largest absolute Gasteiger partial charge is 0.504 e. The first-order valence-corrected chi connectivity index (χ1v) is 8.31. The van der Waals surface area contributed by atoms with Crippen LogP contribution in [0.1, 0.15) is 0 Å². The van der Waals surface area contributed by atoms with Crippen LogP contribution < -0.4 is 5.73 Å². The van der Waals surface area contributed by atoms with Crippen molar-refractivity contribution >= 4 is 17.4 Å². The number of nitrogens with zero attached hydrogens (tertiary/aromatic N) is 3. The smallest absolute Gasteiger partial charge is 0.165 e. The van der Waals surface area contributed by atoms with Crippen molar-refractivity contribution < 1.29 is 9.50 Å². The number of aromatic hydroxyl groups is 1. The number of halogens is 2. The van der Waals surface area contributed by atoms with Gasteiger partial charge in [-0.1, -0.05) is 11.6 Å². The number of anilines is 1. The van der Waals surface area contributed by atoms with E-state index >= 15 is 0 Å². The summed E-state index contributed by atoms with van der Waals surface area (Å²) in [4.78, 5) is 15.7. The van der Waals surface area contributed by atoms with Gasteiger partial charge in [0.1, 0.15) is 11.6 Å². The van der Waals surface area contributed by atoms with Gasteiger partial charge in [-0.2, -0.15) is 0 Å². The van der Waals surface area contributed by atoms with Gasteiger partial charge in [0.2, 0.25) is 0 Å². The summed E-state index contributed by atoms with van der Waals surface area (Å²) >= 11 is 5.84. The van der Waals surface area contributed by atoms with Crippen LogP contribution in [0.25, 0.3) is 33.9 Å². The second-order valence-electron chi connectivity index (χ2n) is 5.80. The highest BCUT2D eigenvalue weighted by molar-refractivity contribution is 6.30. The maximum atomic E-state index is 14.4. The van der Waals surface area contributed by atoms with Crippen LogP contribution in [0.2, 0.25) is 5.02 Å². The Morgan fingerprint density at radius 3 is 2.56 bits per heavy atom. The Bertz CT molecular complexity index is 1130. The zero-order chi connectivity index (χ0) is 19.0. The van der Waals surface area contributed by atoms with Crippen LogP contribution in [-0.4, -0.2) is 25.0 Å². The van der Waals surface area contributed by atoms with Gasteiger partial charge in [-0.15, -0.1) is 0 Å². The van der Waals surface area contributed by atoms with Gasteiger partial charge in [0, 0.05) is 34.7 Å². The average Bonchev–Trinajstić information content (AvgIpc) is 3.10. The van der Waals surface area contributed by atoms with Crippen LogP contribution in [0.4, 0.5) is 10.2 Å². The number of aromatic amines is 1.